The van der Waals surface area contributed by atoms with Gasteiger partial charge in [-0.05, 0) is 28.2 Å². The topological polar surface area (TPSA) is 105 Å². The molecule has 0 saturated heterocycles. The van der Waals surface area contributed by atoms with Crippen LogP contribution in [0, 0.1) is 17.8 Å². The Morgan fingerprint density at radius 2 is 1.66 bits per heavy atom. The molecule has 2 aromatic rings. The van der Waals surface area contributed by atoms with Gasteiger partial charge in [-0.25, -0.2) is 9.59 Å². The minimum absolute atomic E-state index is 0.00666. The van der Waals surface area contributed by atoms with E-state index in [1.54, 1.807) is 0 Å². The normalized spacial score (nSPS) is 12.5. The van der Waals surface area contributed by atoms with E-state index in [0.717, 1.165) is 11.1 Å². The zero-order valence-corrected chi connectivity index (χ0v) is 17.9. The molecule has 2 aromatic carbocycles. The first-order valence-electron chi connectivity index (χ1n) is 10.6. The van der Waals surface area contributed by atoms with Crippen LogP contribution in [0.15, 0.2) is 48.5 Å². The zero-order valence-electron chi connectivity index (χ0n) is 17.9. The summed E-state index contributed by atoms with van der Waals surface area (Å²) < 4.78 is 5.52. The summed E-state index contributed by atoms with van der Waals surface area (Å²) in [5, 5.41) is 13.8. The molecule has 7 nitrogen and oxygen atoms in total. The Morgan fingerprint density at radius 3 is 2.25 bits per heavy atom. The number of benzene rings is 2. The Hall–Kier alpha value is -3.79. The van der Waals surface area contributed by atoms with Crippen LogP contribution in [0.25, 0.3) is 11.1 Å². The number of hydrogen-bond acceptors (Lipinski definition) is 4. The van der Waals surface area contributed by atoms with Crippen LogP contribution in [-0.4, -0.2) is 42.8 Å². The van der Waals surface area contributed by atoms with Crippen LogP contribution < -0.4 is 10.6 Å². The van der Waals surface area contributed by atoms with Gasteiger partial charge in [-0.2, -0.15) is 0 Å². The molecule has 7 heteroatoms. The molecule has 0 aromatic heterocycles. The SMILES string of the molecule is CCC(CNC(=O)OCC1c2ccccc2-c2ccccc21)CC(=O)NCC#CC(=O)O. The average Bonchev–Trinajstić information content (AvgIpc) is 3.11. The molecule has 32 heavy (non-hydrogen) atoms. The first kappa shape index (κ1) is 22.9. The van der Waals surface area contributed by atoms with Crippen LogP contribution in [-0.2, 0) is 14.3 Å². The predicted molar refractivity (Wildman–Crippen MR) is 120 cm³/mol. The lowest BCUT2D eigenvalue weighted by atomic mass is 9.98. The van der Waals surface area contributed by atoms with E-state index in [1.165, 1.54) is 11.1 Å². The van der Waals surface area contributed by atoms with Gasteiger partial charge < -0.3 is 20.5 Å². The van der Waals surface area contributed by atoms with Crippen molar-refractivity contribution in [3.8, 4) is 23.0 Å². The second kappa shape index (κ2) is 11.0. The Bertz CT molecular complexity index is 1010. The Balaban J connectivity index is 1.47. The molecule has 1 aliphatic carbocycles. The highest BCUT2D eigenvalue weighted by molar-refractivity contribution is 5.86. The highest BCUT2D eigenvalue weighted by atomic mass is 16.5. The minimum Gasteiger partial charge on any atom is -0.472 e. The maximum atomic E-state index is 12.3. The number of amides is 2. The summed E-state index contributed by atoms with van der Waals surface area (Å²) >= 11 is 0. The first-order chi connectivity index (χ1) is 15.5. The quantitative estimate of drug-likeness (QED) is 0.554. The average molecular weight is 434 g/mol. The number of alkyl carbamates (subject to hydrolysis) is 1. The maximum absolute atomic E-state index is 12.3. The van der Waals surface area contributed by atoms with Crippen molar-refractivity contribution in [2.45, 2.75) is 25.7 Å². The highest BCUT2D eigenvalue weighted by Crippen LogP contribution is 2.44. The fourth-order valence-corrected chi connectivity index (χ4v) is 3.83. The monoisotopic (exact) mass is 434 g/mol. The summed E-state index contributed by atoms with van der Waals surface area (Å²) in [6.07, 6.45) is 0.380. The molecule has 0 fully saturated rings. The molecule has 3 rings (SSSR count). The largest absolute Gasteiger partial charge is 0.472 e. The van der Waals surface area contributed by atoms with E-state index in [0.29, 0.717) is 13.0 Å². The molecule has 1 aliphatic rings. The van der Waals surface area contributed by atoms with Gasteiger partial charge in [0.05, 0.1) is 6.54 Å². The maximum Gasteiger partial charge on any atom is 0.407 e. The summed E-state index contributed by atoms with van der Waals surface area (Å²) in [5.74, 6) is 2.72. The number of carbonyl (C=O) groups excluding carboxylic acids is 2. The van der Waals surface area contributed by atoms with Gasteiger partial charge in [-0.3, -0.25) is 4.79 Å². The van der Waals surface area contributed by atoms with E-state index in [-0.39, 0.29) is 37.3 Å². The third-order valence-electron chi connectivity index (χ3n) is 5.50. The standard InChI is InChI=1S/C25H26N2O5/c1-2-17(14-23(28)26-13-7-12-24(29)30)15-27-25(31)32-16-22-20-10-5-3-8-18(20)19-9-4-6-11-21(19)22/h3-6,8-11,17,22H,2,13-16H2,1H3,(H,26,28)(H,27,31)(H,29,30). The summed E-state index contributed by atoms with van der Waals surface area (Å²) in [7, 11) is 0. The fourth-order valence-electron chi connectivity index (χ4n) is 3.83. The predicted octanol–water partition coefficient (Wildman–Crippen LogP) is 3.15. The molecule has 0 heterocycles. The molecular formula is C25H26N2O5. The molecule has 0 saturated carbocycles. The molecule has 2 amide bonds. The number of rotatable bonds is 8. The Morgan fingerprint density at radius 1 is 1.03 bits per heavy atom. The van der Waals surface area contributed by atoms with Crippen LogP contribution in [0.2, 0.25) is 0 Å². The molecule has 3 N–H and O–H groups in total. The van der Waals surface area contributed by atoms with Crippen molar-refractivity contribution in [1.82, 2.24) is 10.6 Å². The highest BCUT2D eigenvalue weighted by Gasteiger charge is 2.29. The van der Waals surface area contributed by atoms with Gasteiger partial charge in [0, 0.05) is 24.8 Å². The van der Waals surface area contributed by atoms with E-state index >= 15 is 0 Å². The number of carboxylic acids is 1. The minimum atomic E-state index is -1.24. The second-order valence-electron chi connectivity index (χ2n) is 7.57. The zero-order chi connectivity index (χ0) is 22.9. The molecular weight excluding hydrogens is 408 g/mol. The smallest absolute Gasteiger partial charge is 0.407 e. The van der Waals surface area contributed by atoms with E-state index < -0.39 is 12.1 Å². The van der Waals surface area contributed by atoms with Crippen LogP contribution in [0.1, 0.15) is 36.8 Å². The number of fused-ring (bicyclic) bond motifs is 3. The van der Waals surface area contributed by atoms with Gasteiger partial charge in [-0.15, -0.1) is 0 Å². The lowest BCUT2D eigenvalue weighted by Crippen LogP contribution is -2.34. The molecule has 1 unspecified atom stereocenters. The van der Waals surface area contributed by atoms with Crippen LogP contribution >= 0.6 is 0 Å². The summed E-state index contributed by atoms with van der Waals surface area (Å²) in [6, 6.07) is 16.3. The van der Waals surface area contributed by atoms with E-state index in [1.807, 2.05) is 37.1 Å². The lowest BCUT2D eigenvalue weighted by Gasteiger charge is -2.17. The molecule has 1 atom stereocenters. The van der Waals surface area contributed by atoms with Gasteiger partial charge >= 0.3 is 12.1 Å². The van der Waals surface area contributed by atoms with E-state index in [9.17, 15) is 14.4 Å². The second-order valence-corrected chi connectivity index (χ2v) is 7.57. The number of hydrogen-bond donors (Lipinski definition) is 3. The Kier molecular flexibility index (Phi) is 7.87. The van der Waals surface area contributed by atoms with E-state index in [4.69, 9.17) is 9.84 Å². The number of carboxylic acid groups (broad SMARTS) is 1. The van der Waals surface area contributed by atoms with Crippen LogP contribution in [0.3, 0.4) is 0 Å². The molecule has 0 radical (unpaired) electrons. The Labute approximate surface area is 187 Å². The number of carbonyl (C=O) groups is 3. The third-order valence-corrected chi connectivity index (χ3v) is 5.50. The van der Waals surface area contributed by atoms with Crippen molar-refractivity contribution in [3.63, 3.8) is 0 Å². The van der Waals surface area contributed by atoms with Gasteiger partial charge in [0.15, 0.2) is 0 Å². The number of ether oxygens (including phenoxy) is 1. The van der Waals surface area contributed by atoms with E-state index in [2.05, 4.69) is 40.8 Å². The summed E-state index contributed by atoms with van der Waals surface area (Å²) in [6.45, 7) is 2.45. The molecule has 166 valence electrons. The third kappa shape index (κ3) is 5.88. The van der Waals surface area contributed by atoms with Crippen molar-refractivity contribution in [3.05, 3.63) is 59.7 Å². The van der Waals surface area contributed by atoms with Crippen molar-refractivity contribution >= 4 is 18.0 Å². The first-order valence-corrected chi connectivity index (χ1v) is 10.6. The molecule has 0 aliphatic heterocycles. The van der Waals surface area contributed by atoms with Gasteiger partial charge in [0.2, 0.25) is 5.91 Å². The van der Waals surface area contributed by atoms with Gasteiger partial charge in [0.25, 0.3) is 0 Å². The molecule has 0 spiro atoms. The van der Waals surface area contributed by atoms with Gasteiger partial charge in [0.1, 0.15) is 6.61 Å². The van der Waals surface area contributed by atoms with Crippen molar-refractivity contribution in [2.75, 3.05) is 19.7 Å². The number of nitrogens with one attached hydrogen (secondary N) is 2. The van der Waals surface area contributed by atoms with Gasteiger partial charge in [-0.1, -0.05) is 67.8 Å². The van der Waals surface area contributed by atoms with Crippen LogP contribution in [0.4, 0.5) is 4.79 Å². The van der Waals surface area contributed by atoms with Crippen molar-refractivity contribution < 1.29 is 24.2 Å². The molecule has 0 bridgehead atoms. The van der Waals surface area contributed by atoms with Crippen molar-refractivity contribution in [2.24, 2.45) is 5.92 Å². The lowest BCUT2D eigenvalue weighted by molar-refractivity contribution is -0.130. The van der Waals surface area contributed by atoms with Crippen molar-refractivity contribution in [1.29, 1.82) is 0 Å². The summed E-state index contributed by atoms with van der Waals surface area (Å²) in [5.41, 5.74) is 4.63. The number of aliphatic carboxylic acids is 1. The van der Waals surface area contributed by atoms with Crippen LogP contribution in [0.5, 0.6) is 0 Å². The fraction of sp³-hybridized carbons (Fsp3) is 0.320. The summed E-state index contributed by atoms with van der Waals surface area (Å²) in [4.78, 5) is 34.6.